The van der Waals surface area contributed by atoms with E-state index in [9.17, 15) is 9.59 Å². The number of anilines is 1. The lowest BCUT2D eigenvalue weighted by Gasteiger charge is -2.24. The Balaban J connectivity index is 2.01. The van der Waals surface area contributed by atoms with Gasteiger partial charge in [0.1, 0.15) is 5.75 Å². The third-order valence-corrected chi connectivity index (χ3v) is 5.06. The summed E-state index contributed by atoms with van der Waals surface area (Å²) >= 11 is 0. The van der Waals surface area contributed by atoms with Crippen LogP contribution < -0.4 is 10.1 Å². The Hall–Kier alpha value is -2.86. The highest BCUT2D eigenvalue weighted by molar-refractivity contribution is 5.98. The lowest BCUT2D eigenvalue weighted by molar-refractivity contribution is -0.120. The maximum absolute atomic E-state index is 12.7. The molecule has 1 unspecified atom stereocenters. The third-order valence-electron chi connectivity index (χ3n) is 5.06. The number of methoxy groups -OCH3 is 1. The van der Waals surface area contributed by atoms with E-state index in [1.165, 1.54) is 0 Å². The predicted molar refractivity (Wildman–Crippen MR) is 116 cm³/mol. The molecule has 0 bridgehead atoms. The van der Waals surface area contributed by atoms with Crippen LogP contribution in [-0.4, -0.2) is 54.9 Å². The second-order valence-corrected chi connectivity index (χ2v) is 6.99. The van der Waals surface area contributed by atoms with E-state index >= 15 is 0 Å². The number of benzene rings is 2. The van der Waals surface area contributed by atoms with Crippen molar-refractivity contribution >= 4 is 17.5 Å². The molecule has 0 saturated heterocycles. The fourth-order valence-corrected chi connectivity index (χ4v) is 3.03. The molecular weight excluding hydrogens is 366 g/mol. The summed E-state index contributed by atoms with van der Waals surface area (Å²) in [6, 6.07) is 14.6. The van der Waals surface area contributed by atoms with Crippen molar-refractivity contribution in [2.75, 3.05) is 32.6 Å². The first kappa shape index (κ1) is 22.4. The Morgan fingerprint density at radius 2 is 1.72 bits per heavy atom. The largest absolute Gasteiger partial charge is 0.497 e. The normalized spacial score (nSPS) is 11.8. The predicted octanol–water partition coefficient (Wildman–Crippen LogP) is 3.64. The lowest BCUT2D eigenvalue weighted by Crippen LogP contribution is -2.39. The van der Waals surface area contributed by atoms with Crippen molar-refractivity contribution in [2.45, 2.75) is 33.4 Å². The SMILES string of the molecule is CCN(CC)C(=O)c1cccc(NC(=O)C(C)N(C)Cc2ccc(OC)cc2)c1. The van der Waals surface area contributed by atoms with Crippen LogP contribution in [0.15, 0.2) is 48.5 Å². The molecule has 0 fully saturated rings. The van der Waals surface area contributed by atoms with Crippen molar-refractivity contribution in [3.63, 3.8) is 0 Å². The standard InChI is InChI=1S/C23H31N3O3/c1-6-26(7-2)23(28)19-9-8-10-20(15-19)24-22(27)17(3)25(4)16-18-11-13-21(29-5)14-12-18/h8-15,17H,6-7,16H2,1-5H3,(H,24,27). The maximum Gasteiger partial charge on any atom is 0.253 e. The molecule has 0 aliphatic heterocycles. The Labute approximate surface area is 173 Å². The van der Waals surface area contributed by atoms with Crippen LogP contribution in [0.3, 0.4) is 0 Å². The number of rotatable bonds is 9. The molecule has 29 heavy (non-hydrogen) atoms. The van der Waals surface area contributed by atoms with Gasteiger partial charge in [0, 0.05) is 30.9 Å². The van der Waals surface area contributed by atoms with E-state index in [4.69, 9.17) is 4.74 Å². The van der Waals surface area contributed by atoms with Crippen LogP contribution in [0.25, 0.3) is 0 Å². The second kappa shape index (κ2) is 10.6. The molecule has 0 heterocycles. The number of ether oxygens (including phenoxy) is 1. The minimum Gasteiger partial charge on any atom is -0.497 e. The van der Waals surface area contributed by atoms with Crippen molar-refractivity contribution in [3.8, 4) is 5.75 Å². The molecule has 0 saturated carbocycles. The van der Waals surface area contributed by atoms with E-state index in [1.54, 1.807) is 36.3 Å². The molecule has 6 heteroatoms. The van der Waals surface area contributed by atoms with Gasteiger partial charge < -0.3 is 15.0 Å². The van der Waals surface area contributed by atoms with Gasteiger partial charge >= 0.3 is 0 Å². The third kappa shape index (κ3) is 6.06. The molecule has 0 aliphatic rings. The van der Waals surface area contributed by atoms with Crippen molar-refractivity contribution in [3.05, 3.63) is 59.7 Å². The maximum atomic E-state index is 12.7. The Morgan fingerprint density at radius 3 is 2.31 bits per heavy atom. The minimum absolute atomic E-state index is 0.0317. The first-order valence-corrected chi connectivity index (χ1v) is 9.92. The molecule has 2 amide bonds. The molecule has 0 aromatic heterocycles. The topological polar surface area (TPSA) is 61.9 Å². The van der Waals surface area contributed by atoms with Gasteiger partial charge in [0.05, 0.1) is 13.2 Å². The van der Waals surface area contributed by atoms with E-state index in [2.05, 4.69) is 5.32 Å². The van der Waals surface area contributed by atoms with Crippen LogP contribution in [0.1, 0.15) is 36.7 Å². The summed E-state index contributed by atoms with van der Waals surface area (Å²) in [4.78, 5) is 29.0. The van der Waals surface area contributed by atoms with Crippen molar-refractivity contribution < 1.29 is 14.3 Å². The zero-order valence-electron chi connectivity index (χ0n) is 17.9. The Bertz CT molecular complexity index is 816. The van der Waals surface area contributed by atoms with Crippen molar-refractivity contribution in [1.82, 2.24) is 9.80 Å². The average molecular weight is 398 g/mol. The van der Waals surface area contributed by atoms with E-state index in [1.807, 2.05) is 57.0 Å². The molecule has 1 N–H and O–H groups in total. The summed E-state index contributed by atoms with van der Waals surface area (Å²) in [6.07, 6.45) is 0. The highest BCUT2D eigenvalue weighted by Gasteiger charge is 2.19. The molecule has 2 rings (SSSR count). The van der Waals surface area contributed by atoms with Gasteiger partial charge in [-0.25, -0.2) is 0 Å². The van der Waals surface area contributed by atoms with E-state index in [-0.39, 0.29) is 17.9 Å². The van der Waals surface area contributed by atoms with Gasteiger partial charge in [-0.1, -0.05) is 18.2 Å². The molecule has 2 aromatic carbocycles. The number of carbonyl (C=O) groups excluding carboxylic acids is 2. The van der Waals surface area contributed by atoms with Gasteiger partial charge in [-0.3, -0.25) is 14.5 Å². The van der Waals surface area contributed by atoms with Crippen LogP contribution in [0, 0.1) is 0 Å². The quantitative estimate of drug-likeness (QED) is 0.702. The summed E-state index contributed by atoms with van der Waals surface area (Å²) in [5.41, 5.74) is 2.29. The fourth-order valence-electron chi connectivity index (χ4n) is 3.03. The lowest BCUT2D eigenvalue weighted by atomic mass is 10.1. The van der Waals surface area contributed by atoms with Crippen LogP contribution in [-0.2, 0) is 11.3 Å². The molecule has 2 aromatic rings. The monoisotopic (exact) mass is 397 g/mol. The highest BCUT2D eigenvalue weighted by Crippen LogP contribution is 2.16. The zero-order valence-corrected chi connectivity index (χ0v) is 17.9. The molecular formula is C23H31N3O3. The molecule has 156 valence electrons. The smallest absolute Gasteiger partial charge is 0.253 e. The van der Waals surface area contributed by atoms with Crippen LogP contribution >= 0.6 is 0 Å². The molecule has 1 atom stereocenters. The number of likely N-dealkylation sites (N-methyl/N-ethyl adjacent to an activating group) is 1. The van der Waals surface area contributed by atoms with Crippen molar-refractivity contribution in [2.24, 2.45) is 0 Å². The number of carbonyl (C=O) groups is 2. The molecule has 0 radical (unpaired) electrons. The summed E-state index contributed by atoms with van der Waals surface area (Å²) < 4.78 is 5.18. The van der Waals surface area contributed by atoms with Crippen molar-refractivity contribution in [1.29, 1.82) is 0 Å². The van der Waals surface area contributed by atoms with Gasteiger partial charge in [-0.2, -0.15) is 0 Å². The molecule has 0 spiro atoms. The van der Waals surface area contributed by atoms with Crippen LogP contribution in [0.2, 0.25) is 0 Å². The van der Waals surface area contributed by atoms with Gasteiger partial charge in [0.2, 0.25) is 5.91 Å². The first-order chi connectivity index (χ1) is 13.9. The van der Waals surface area contributed by atoms with Gasteiger partial charge in [-0.15, -0.1) is 0 Å². The molecule has 0 aliphatic carbocycles. The number of hydrogen-bond acceptors (Lipinski definition) is 4. The second-order valence-electron chi connectivity index (χ2n) is 6.99. The summed E-state index contributed by atoms with van der Waals surface area (Å²) in [5, 5.41) is 2.93. The number of nitrogens with one attached hydrogen (secondary N) is 1. The van der Waals surface area contributed by atoms with Gasteiger partial charge in [-0.05, 0) is 63.7 Å². The molecule has 6 nitrogen and oxygen atoms in total. The van der Waals surface area contributed by atoms with Crippen LogP contribution in [0.4, 0.5) is 5.69 Å². The highest BCUT2D eigenvalue weighted by atomic mass is 16.5. The summed E-state index contributed by atoms with van der Waals surface area (Å²) in [7, 11) is 3.55. The summed E-state index contributed by atoms with van der Waals surface area (Å²) in [5.74, 6) is 0.658. The Kier molecular flexibility index (Phi) is 8.21. The van der Waals surface area contributed by atoms with E-state index in [0.29, 0.717) is 30.9 Å². The zero-order chi connectivity index (χ0) is 21.4. The first-order valence-electron chi connectivity index (χ1n) is 9.92. The number of nitrogens with zero attached hydrogens (tertiary/aromatic N) is 2. The van der Waals surface area contributed by atoms with E-state index in [0.717, 1.165) is 11.3 Å². The van der Waals surface area contributed by atoms with E-state index < -0.39 is 0 Å². The Morgan fingerprint density at radius 1 is 1.07 bits per heavy atom. The summed E-state index contributed by atoms with van der Waals surface area (Å²) in [6.45, 7) is 7.71. The number of amides is 2. The minimum atomic E-state index is -0.334. The number of hydrogen-bond donors (Lipinski definition) is 1. The van der Waals surface area contributed by atoms with Crippen LogP contribution in [0.5, 0.6) is 5.75 Å². The van der Waals surface area contributed by atoms with Gasteiger partial charge in [0.15, 0.2) is 0 Å². The average Bonchev–Trinajstić information content (AvgIpc) is 2.74. The van der Waals surface area contributed by atoms with Gasteiger partial charge in [0.25, 0.3) is 5.91 Å². The fraction of sp³-hybridized carbons (Fsp3) is 0.391.